The highest BCUT2D eigenvalue weighted by molar-refractivity contribution is 5.31. The van der Waals surface area contributed by atoms with Crippen molar-refractivity contribution < 1.29 is 13.5 Å². The number of hydrogen-bond acceptors (Lipinski definition) is 1. The Balaban J connectivity index is 2.82. The van der Waals surface area contributed by atoms with Gasteiger partial charge in [-0.2, -0.15) is 0 Å². The molecule has 0 N–H and O–H groups in total. The Morgan fingerprint density at radius 3 is 2.73 bits per heavy atom. The molecule has 0 fully saturated rings. The molecule has 0 radical (unpaired) electrons. The smallest absolute Gasteiger partial charge is 0.165 e. The molecule has 3 heteroatoms. The number of allylic oxidation sites excluding steroid dienone is 1. The van der Waals surface area contributed by atoms with Gasteiger partial charge in [0.2, 0.25) is 0 Å². The van der Waals surface area contributed by atoms with E-state index in [0.29, 0.717) is 24.9 Å². The lowest BCUT2D eigenvalue weighted by atomic mass is 10.1. The fraction of sp³-hybridized carbons (Fsp3) is 0.333. The van der Waals surface area contributed by atoms with Gasteiger partial charge in [0.15, 0.2) is 11.6 Å². The molecule has 1 aromatic rings. The molecular formula is C12H14F2O. The molecule has 0 saturated heterocycles. The van der Waals surface area contributed by atoms with Crippen LogP contribution in [0.3, 0.4) is 0 Å². The monoisotopic (exact) mass is 212 g/mol. The van der Waals surface area contributed by atoms with Crippen LogP contribution in [0.5, 0.6) is 5.75 Å². The van der Waals surface area contributed by atoms with E-state index in [2.05, 4.69) is 0 Å². The molecule has 1 nitrogen and oxygen atoms in total. The van der Waals surface area contributed by atoms with Gasteiger partial charge < -0.3 is 4.74 Å². The largest absolute Gasteiger partial charge is 0.491 e. The molecule has 0 aromatic heterocycles. The van der Waals surface area contributed by atoms with E-state index in [9.17, 15) is 8.78 Å². The molecule has 0 aliphatic carbocycles. The maximum absolute atomic E-state index is 13.4. The van der Waals surface area contributed by atoms with Gasteiger partial charge in [-0.1, -0.05) is 6.07 Å². The number of halogens is 2. The first-order valence-electron chi connectivity index (χ1n) is 4.84. The van der Waals surface area contributed by atoms with E-state index in [0.717, 1.165) is 5.56 Å². The fourth-order valence-electron chi connectivity index (χ4n) is 1.29. The van der Waals surface area contributed by atoms with Gasteiger partial charge in [-0.05, 0) is 43.5 Å². The minimum absolute atomic E-state index is 0.239. The number of hydrogen-bond donors (Lipinski definition) is 0. The fourth-order valence-corrected chi connectivity index (χ4v) is 1.29. The summed E-state index contributed by atoms with van der Waals surface area (Å²) in [5.74, 6) is -0.163. The van der Waals surface area contributed by atoms with Crippen molar-refractivity contribution in [3.63, 3.8) is 0 Å². The van der Waals surface area contributed by atoms with Gasteiger partial charge in [0.1, 0.15) is 0 Å². The summed E-state index contributed by atoms with van der Waals surface area (Å²) >= 11 is 0. The molecule has 0 heterocycles. The van der Waals surface area contributed by atoms with Crippen LogP contribution in [0.4, 0.5) is 8.78 Å². The second-order valence-electron chi connectivity index (χ2n) is 3.33. The SMILES string of the molecule is CCOc1ccc(C/C(C)=C\F)cc1F. The summed E-state index contributed by atoms with van der Waals surface area (Å²) in [5.41, 5.74) is 1.31. The zero-order valence-electron chi connectivity index (χ0n) is 8.89. The summed E-state index contributed by atoms with van der Waals surface area (Å²) in [6.45, 7) is 3.89. The van der Waals surface area contributed by atoms with Gasteiger partial charge in [-0.15, -0.1) is 0 Å². The summed E-state index contributed by atoms with van der Waals surface area (Å²) in [7, 11) is 0. The number of benzene rings is 1. The van der Waals surface area contributed by atoms with E-state index in [1.807, 2.05) is 0 Å². The van der Waals surface area contributed by atoms with Crippen LogP contribution in [0, 0.1) is 5.82 Å². The minimum atomic E-state index is -0.402. The third kappa shape index (κ3) is 3.35. The predicted molar refractivity (Wildman–Crippen MR) is 56.1 cm³/mol. The molecule has 0 saturated carbocycles. The Bertz CT molecular complexity index is 359. The van der Waals surface area contributed by atoms with Crippen molar-refractivity contribution in [1.29, 1.82) is 0 Å². The van der Waals surface area contributed by atoms with Gasteiger partial charge in [0, 0.05) is 0 Å². The van der Waals surface area contributed by atoms with Crippen molar-refractivity contribution in [2.24, 2.45) is 0 Å². The number of rotatable bonds is 4. The molecule has 0 unspecified atom stereocenters. The van der Waals surface area contributed by atoms with Gasteiger partial charge in [0.25, 0.3) is 0 Å². The van der Waals surface area contributed by atoms with E-state index < -0.39 is 5.82 Å². The minimum Gasteiger partial charge on any atom is -0.491 e. The first-order chi connectivity index (χ1) is 7.17. The highest BCUT2D eigenvalue weighted by Gasteiger charge is 2.04. The standard InChI is InChI=1S/C12H14F2O/c1-3-15-12-5-4-10(7-11(12)14)6-9(2)8-13/h4-5,7-8H,3,6H2,1-2H3/b9-8-. The van der Waals surface area contributed by atoms with Gasteiger partial charge >= 0.3 is 0 Å². The zero-order valence-corrected chi connectivity index (χ0v) is 8.89. The zero-order chi connectivity index (χ0) is 11.3. The van der Waals surface area contributed by atoms with Crippen molar-refractivity contribution in [1.82, 2.24) is 0 Å². The Morgan fingerprint density at radius 1 is 1.47 bits per heavy atom. The second kappa shape index (κ2) is 5.49. The predicted octanol–water partition coefficient (Wildman–Crippen LogP) is 3.64. The third-order valence-corrected chi connectivity index (χ3v) is 1.97. The average Bonchev–Trinajstić information content (AvgIpc) is 2.22. The maximum Gasteiger partial charge on any atom is 0.165 e. The molecule has 1 rings (SSSR count). The average molecular weight is 212 g/mol. The molecule has 15 heavy (non-hydrogen) atoms. The van der Waals surface area contributed by atoms with Crippen LogP contribution in [0.2, 0.25) is 0 Å². The number of ether oxygens (including phenoxy) is 1. The van der Waals surface area contributed by atoms with Crippen molar-refractivity contribution in [2.45, 2.75) is 20.3 Å². The first kappa shape index (κ1) is 11.7. The van der Waals surface area contributed by atoms with Gasteiger partial charge in [0.05, 0.1) is 12.9 Å². The second-order valence-corrected chi connectivity index (χ2v) is 3.33. The first-order valence-corrected chi connectivity index (χ1v) is 4.84. The summed E-state index contributed by atoms with van der Waals surface area (Å²) in [5, 5.41) is 0. The molecule has 1 aromatic carbocycles. The summed E-state index contributed by atoms with van der Waals surface area (Å²) < 4.78 is 30.5. The van der Waals surface area contributed by atoms with Crippen LogP contribution in [0.1, 0.15) is 19.4 Å². The van der Waals surface area contributed by atoms with E-state index >= 15 is 0 Å². The van der Waals surface area contributed by atoms with Crippen LogP contribution in [-0.2, 0) is 6.42 Å². The van der Waals surface area contributed by atoms with Crippen LogP contribution in [-0.4, -0.2) is 6.61 Å². The van der Waals surface area contributed by atoms with Crippen LogP contribution >= 0.6 is 0 Å². The highest BCUT2D eigenvalue weighted by atomic mass is 19.1. The Hall–Kier alpha value is -1.38. The molecular weight excluding hydrogens is 198 g/mol. The van der Waals surface area contributed by atoms with E-state index in [1.165, 1.54) is 6.07 Å². The van der Waals surface area contributed by atoms with Crippen LogP contribution in [0.25, 0.3) is 0 Å². The van der Waals surface area contributed by atoms with Crippen molar-refractivity contribution in [3.8, 4) is 5.75 Å². The van der Waals surface area contributed by atoms with Crippen LogP contribution in [0.15, 0.2) is 30.1 Å². The Kier molecular flexibility index (Phi) is 4.28. The summed E-state index contributed by atoms with van der Waals surface area (Å²) in [4.78, 5) is 0. The molecule has 0 amide bonds. The van der Waals surface area contributed by atoms with Gasteiger partial charge in [-0.3, -0.25) is 0 Å². The van der Waals surface area contributed by atoms with Gasteiger partial charge in [-0.25, -0.2) is 8.78 Å². The third-order valence-electron chi connectivity index (χ3n) is 1.97. The van der Waals surface area contributed by atoms with Crippen molar-refractivity contribution in [3.05, 3.63) is 41.5 Å². The topological polar surface area (TPSA) is 9.23 Å². The molecule has 0 aliphatic heterocycles. The lowest BCUT2D eigenvalue weighted by molar-refractivity contribution is 0.321. The lowest BCUT2D eigenvalue weighted by Gasteiger charge is -2.06. The maximum atomic E-state index is 13.4. The van der Waals surface area contributed by atoms with E-state index in [4.69, 9.17) is 4.74 Å². The molecule has 82 valence electrons. The molecule has 0 bridgehead atoms. The van der Waals surface area contributed by atoms with Crippen molar-refractivity contribution >= 4 is 0 Å². The van der Waals surface area contributed by atoms with E-state index in [1.54, 1.807) is 26.0 Å². The normalized spacial score (nSPS) is 11.6. The molecule has 0 atom stereocenters. The summed E-state index contributed by atoms with van der Waals surface area (Å²) in [6.07, 6.45) is 0.953. The van der Waals surface area contributed by atoms with E-state index in [-0.39, 0.29) is 5.75 Å². The Labute approximate surface area is 88.4 Å². The lowest BCUT2D eigenvalue weighted by Crippen LogP contribution is -1.96. The van der Waals surface area contributed by atoms with Crippen LogP contribution < -0.4 is 4.74 Å². The highest BCUT2D eigenvalue weighted by Crippen LogP contribution is 2.19. The summed E-state index contributed by atoms with van der Waals surface area (Å²) in [6, 6.07) is 4.68. The molecule has 0 spiro atoms. The molecule has 0 aliphatic rings. The Morgan fingerprint density at radius 2 is 2.20 bits per heavy atom. The van der Waals surface area contributed by atoms with Crippen molar-refractivity contribution in [2.75, 3.05) is 6.61 Å². The quantitative estimate of drug-likeness (QED) is 0.740.